The molecule has 31 heavy (non-hydrogen) atoms. The third-order valence-electron chi connectivity index (χ3n) is 5.31. The smallest absolute Gasteiger partial charge is 0.233 e. The van der Waals surface area contributed by atoms with E-state index in [1.165, 1.54) is 11.3 Å². The number of nitrogens with zero attached hydrogens (tertiary/aromatic N) is 2. The minimum absolute atomic E-state index is 0.0141. The van der Waals surface area contributed by atoms with Crippen LogP contribution in [0.3, 0.4) is 0 Å². The lowest BCUT2D eigenvalue weighted by Gasteiger charge is -2.23. The number of benzene rings is 2. The highest BCUT2D eigenvalue weighted by Gasteiger charge is 2.26. The lowest BCUT2D eigenvalue weighted by molar-refractivity contribution is -0.118. The van der Waals surface area contributed by atoms with Gasteiger partial charge >= 0.3 is 0 Å². The number of amides is 1. The number of methoxy groups -OCH3 is 2. The van der Waals surface area contributed by atoms with E-state index in [0.29, 0.717) is 23.8 Å². The number of ether oxygens (including phenoxy) is 3. The van der Waals surface area contributed by atoms with Crippen molar-refractivity contribution in [1.82, 2.24) is 4.98 Å². The van der Waals surface area contributed by atoms with Gasteiger partial charge in [0.25, 0.3) is 0 Å². The molecule has 1 aliphatic rings. The molecule has 1 amide bonds. The number of rotatable bonds is 8. The molecule has 1 aromatic heterocycles. The van der Waals surface area contributed by atoms with Gasteiger partial charge in [-0.3, -0.25) is 9.69 Å². The van der Waals surface area contributed by atoms with Crippen molar-refractivity contribution in [2.75, 3.05) is 32.3 Å². The Morgan fingerprint density at radius 1 is 1.19 bits per heavy atom. The third-order valence-corrected chi connectivity index (χ3v) is 6.18. The summed E-state index contributed by atoms with van der Waals surface area (Å²) in [7, 11) is 3.26. The molecule has 2 heterocycles. The highest BCUT2D eigenvalue weighted by molar-refractivity contribution is 7.14. The maximum absolute atomic E-state index is 13.3. The van der Waals surface area contributed by atoms with Crippen LogP contribution in [-0.4, -0.2) is 44.4 Å². The van der Waals surface area contributed by atoms with Crippen LogP contribution in [0.5, 0.6) is 11.5 Å². The Morgan fingerprint density at radius 2 is 2.03 bits per heavy atom. The number of carbonyl (C=O) groups excluding carboxylic acids is 1. The van der Waals surface area contributed by atoms with Crippen LogP contribution in [0.2, 0.25) is 0 Å². The first-order valence-electron chi connectivity index (χ1n) is 10.3. The third kappa shape index (κ3) is 5.06. The molecule has 1 unspecified atom stereocenters. The Labute approximate surface area is 186 Å². The lowest BCUT2D eigenvalue weighted by Crippen LogP contribution is -2.38. The zero-order valence-electron chi connectivity index (χ0n) is 17.7. The monoisotopic (exact) mass is 438 g/mol. The number of hydrogen-bond acceptors (Lipinski definition) is 6. The maximum Gasteiger partial charge on any atom is 0.233 e. The summed E-state index contributed by atoms with van der Waals surface area (Å²) in [6.45, 7) is 1.25. The second-order valence-electron chi connectivity index (χ2n) is 7.38. The fourth-order valence-corrected chi connectivity index (χ4v) is 4.52. The minimum atomic E-state index is 0.0141. The average molecular weight is 439 g/mol. The molecule has 0 bridgehead atoms. The van der Waals surface area contributed by atoms with Crippen LogP contribution in [0.1, 0.15) is 18.4 Å². The molecule has 0 N–H and O–H groups in total. The molecular weight excluding hydrogens is 412 g/mol. The summed E-state index contributed by atoms with van der Waals surface area (Å²) in [4.78, 5) is 19.8. The van der Waals surface area contributed by atoms with Gasteiger partial charge in [-0.25, -0.2) is 4.98 Å². The van der Waals surface area contributed by atoms with Gasteiger partial charge in [-0.1, -0.05) is 30.3 Å². The Kier molecular flexibility index (Phi) is 6.84. The van der Waals surface area contributed by atoms with Crippen molar-refractivity contribution in [3.05, 3.63) is 59.5 Å². The van der Waals surface area contributed by atoms with Gasteiger partial charge in [-0.15, -0.1) is 11.3 Å². The first-order valence-corrected chi connectivity index (χ1v) is 11.2. The molecule has 1 saturated heterocycles. The van der Waals surface area contributed by atoms with Crippen molar-refractivity contribution in [2.45, 2.75) is 25.4 Å². The van der Waals surface area contributed by atoms with Crippen molar-refractivity contribution in [3.8, 4) is 22.8 Å². The Balaban J connectivity index is 1.63. The Morgan fingerprint density at radius 3 is 2.74 bits per heavy atom. The summed E-state index contributed by atoms with van der Waals surface area (Å²) in [5, 5.41) is 2.61. The van der Waals surface area contributed by atoms with E-state index >= 15 is 0 Å². The molecule has 0 spiro atoms. The standard InChI is InChI=1S/C24H26N2O4S/c1-28-18-10-11-22(29-2)20(14-18)21-16-31-24(25-21)26(15-19-9-6-12-30-19)23(27)13-17-7-4-3-5-8-17/h3-5,7-8,10-11,14,16,19H,6,9,12-13,15H2,1-2H3. The number of aromatic nitrogens is 1. The highest BCUT2D eigenvalue weighted by atomic mass is 32.1. The zero-order valence-corrected chi connectivity index (χ0v) is 18.6. The summed E-state index contributed by atoms with van der Waals surface area (Å²) < 4.78 is 16.7. The van der Waals surface area contributed by atoms with Gasteiger partial charge in [-0.05, 0) is 36.6 Å². The molecule has 6 nitrogen and oxygen atoms in total. The van der Waals surface area contributed by atoms with Gasteiger partial charge in [0.1, 0.15) is 11.5 Å². The van der Waals surface area contributed by atoms with Crippen molar-refractivity contribution >= 4 is 22.4 Å². The average Bonchev–Trinajstić information content (AvgIpc) is 3.50. The molecule has 1 fully saturated rings. The summed E-state index contributed by atoms with van der Waals surface area (Å²) in [6, 6.07) is 15.4. The van der Waals surface area contributed by atoms with Crippen LogP contribution in [0, 0.1) is 0 Å². The molecule has 1 aliphatic heterocycles. The van der Waals surface area contributed by atoms with Crippen LogP contribution in [0.4, 0.5) is 5.13 Å². The molecule has 7 heteroatoms. The molecule has 1 atom stereocenters. The summed E-state index contributed by atoms with van der Waals surface area (Å²) in [6.07, 6.45) is 2.34. The topological polar surface area (TPSA) is 60.9 Å². The second kappa shape index (κ2) is 9.94. The van der Waals surface area contributed by atoms with Crippen LogP contribution in [0.15, 0.2) is 53.9 Å². The molecule has 2 aromatic carbocycles. The second-order valence-corrected chi connectivity index (χ2v) is 8.22. The van der Waals surface area contributed by atoms with Gasteiger partial charge in [-0.2, -0.15) is 0 Å². The molecule has 0 saturated carbocycles. The van der Waals surface area contributed by atoms with Crippen LogP contribution in [0.25, 0.3) is 11.3 Å². The largest absolute Gasteiger partial charge is 0.497 e. The summed E-state index contributed by atoms with van der Waals surface area (Å²) in [5.74, 6) is 1.45. The van der Waals surface area contributed by atoms with Gasteiger partial charge in [0, 0.05) is 17.6 Å². The van der Waals surface area contributed by atoms with Crippen molar-refractivity contribution in [3.63, 3.8) is 0 Å². The van der Waals surface area contributed by atoms with Gasteiger partial charge < -0.3 is 14.2 Å². The number of anilines is 1. The SMILES string of the molecule is COc1ccc(OC)c(-c2csc(N(CC3CCCO3)C(=O)Cc3ccccc3)n2)c1. The highest BCUT2D eigenvalue weighted by Crippen LogP contribution is 2.36. The van der Waals surface area contributed by atoms with E-state index in [4.69, 9.17) is 19.2 Å². The summed E-state index contributed by atoms with van der Waals surface area (Å²) >= 11 is 1.45. The fraction of sp³-hybridized carbons (Fsp3) is 0.333. The minimum Gasteiger partial charge on any atom is -0.497 e. The van der Waals surface area contributed by atoms with Crippen molar-refractivity contribution in [2.24, 2.45) is 0 Å². The maximum atomic E-state index is 13.3. The first-order chi connectivity index (χ1) is 15.2. The van der Waals surface area contributed by atoms with Gasteiger partial charge in [0.15, 0.2) is 5.13 Å². The van der Waals surface area contributed by atoms with Crippen LogP contribution < -0.4 is 14.4 Å². The van der Waals surface area contributed by atoms with Crippen molar-refractivity contribution < 1.29 is 19.0 Å². The molecule has 0 aliphatic carbocycles. The Hall–Kier alpha value is -2.90. The number of thiazole rings is 1. The van der Waals surface area contributed by atoms with E-state index in [1.54, 1.807) is 19.1 Å². The summed E-state index contributed by atoms with van der Waals surface area (Å²) in [5.41, 5.74) is 2.56. The van der Waals surface area contributed by atoms with E-state index in [9.17, 15) is 4.79 Å². The molecular formula is C24H26N2O4S. The Bertz CT molecular complexity index is 1020. The van der Waals surface area contributed by atoms with Crippen LogP contribution in [-0.2, 0) is 16.0 Å². The molecule has 162 valence electrons. The quantitative estimate of drug-likeness (QED) is 0.515. The fourth-order valence-electron chi connectivity index (χ4n) is 3.67. The molecule has 3 aromatic rings. The van der Waals surface area contributed by atoms with Crippen LogP contribution >= 0.6 is 11.3 Å². The molecule has 4 rings (SSSR count). The van der Waals surface area contributed by atoms with Gasteiger partial charge in [0.2, 0.25) is 5.91 Å². The van der Waals surface area contributed by atoms with E-state index in [-0.39, 0.29) is 12.0 Å². The number of hydrogen-bond donors (Lipinski definition) is 0. The number of carbonyl (C=O) groups is 1. The van der Waals surface area contributed by atoms with Crippen molar-refractivity contribution in [1.29, 1.82) is 0 Å². The normalized spacial score (nSPS) is 15.6. The predicted molar refractivity (Wildman–Crippen MR) is 122 cm³/mol. The van der Waals surface area contributed by atoms with E-state index in [2.05, 4.69) is 0 Å². The van der Waals surface area contributed by atoms with E-state index in [0.717, 1.165) is 42.0 Å². The van der Waals surface area contributed by atoms with E-state index in [1.807, 2.05) is 53.9 Å². The van der Waals surface area contributed by atoms with E-state index < -0.39 is 0 Å². The van der Waals surface area contributed by atoms with Gasteiger partial charge in [0.05, 0.1) is 39.0 Å². The first kappa shape index (κ1) is 21.3. The molecule has 0 radical (unpaired) electrons. The lowest BCUT2D eigenvalue weighted by atomic mass is 10.1. The zero-order chi connectivity index (χ0) is 21.6. The predicted octanol–water partition coefficient (Wildman–Crippen LogP) is 4.58.